The average Bonchev–Trinajstić information content (AvgIpc) is 3.22. The highest BCUT2D eigenvalue weighted by Gasteiger charge is 2.32. The first kappa shape index (κ1) is 15.6. The van der Waals surface area contributed by atoms with Crippen molar-refractivity contribution in [3.8, 4) is 0 Å². The number of carbonyl (C=O) groups excluding carboxylic acids is 1. The Morgan fingerprint density at radius 3 is 2.87 bits per heavy atom. The molecule has 0 radical (unpaired) electrons. The van der Waals surface area contributed by atoms with Gasteiger partial charge in [0.2, 0.25) is 0 Å². The maximum Gasteiger partial charge on any atom is 0.318 e. The van der Waals surface area contributed by atoms with Gasteiger partial charge in [-0.3, -0.25) is 0 Å². The molecule has 1 N–H and O–H groups in total. The number of aromatic nitrogens is 1. The Balaban J connectivity index is 1.64. The van der Waals surface area contributed by atoms with Crippen molar-refractivity contribution in [1.29, 1.82) is 0 Å². The maximum absolute atomic E-state index is 12.5. The Hall–Kier alpha value is -2.30. The molecule has 1 aromatic carbocycles. The van der Waals surface area contributed by atoms with Crippen LogP contribution < -0.4 is 5.32 Å². The third-order valence-electron chi connectivity index (χ3n) is 4.27. The third kappa shape index (κ3) is 3.55. The molecule has 1 aromatic heterocycles. The SMILES string of the molecule is CC(C)c1cc([C@@H]2CCCN2C(=O)NCc2ccccc2)on1. The fourth-order valence-electron chi connectivity index (χ4n) is 2.91. The van der Waals surface area contributed by atoms with E-state index in [9.17, 15) is 4.79 Å². The van der Waals surface area contributed by atoms with Crippen molar-refractivity contribution in [2.24, 2.45) is 0 Å². The van der Waals surface area contributed by atoms with Gasteiger partial charge in [-0.2, -0.15) is 0 Å². The maximum atomic E-state index is 12.5. The highest BCUT2D eigenvalue weighted by Crippen LogP contribution is 2.33. The molecule has 1 fully saturated rings. The van der Waals surface area contributed by atoms with Crippen molar-refractivity contribution in [3.63, 3.8) is 0 Å². The van der Waals surface area contributed by atoms with Crippen LogP contribution in [0.25, 0.3) is 0 Å². The van der Waals surface area contributed by atoms with Gasteiger partial charge in [-0.15, -0.1) is 0 Å². The summed E-state index contributed by atoms with van der Waals surface area (Å²) in [5, 5.41) is 7.11. The Bertz CT molecular complexity index is 651. The smallest absolute Gasteiger partial charge is 0.318 e. The minimum Gasteiger partial charge on any atom is -0.359 e. The van der Waals surface area contributed by atoms with E-state index in [1.165, 1.54) is 0 Å². The molecular weight excluding hydrogens is 290 g/mol. The van der Waals surface area contributed by atoms with E-state index in [1.807, 2.05) is 41.3 Å². The molecule has 0 aliphatic carbocycles. The Labute approximate surface area is 136 Å². The van der Waals surface area contributed by atoms with E-state index in [-0.39, 0.29) is 12.1 Å². The van der Waals surface area contributed by atoms with Gasteiger partial charge in [0, 0.05) is 19.2 Å². The number of benzene rings is 1. The van der Waals surface area contributed by atoms with Crippen molar-refractivity contribution in [1.82, 2.24) is 15.4 Å². The molecule has 2 aromatic rings. The van der Waals surface area contributed by atoms with Gasteiger partial charge in [0.15, 0.2) is 5.76 Å². The summed E-state index contributed by atoms with van der Waals surface area (Å²) in [6.07, 6.45) is 1.91. The summed E-state index contributed by atoms with van der Waals surface area (Å²) in [4.78, 5) is 14.4. The molecule has 2 amide bonds. The van der Waals surface area contributed by atoms with Crippen LogP contribution in [0.15, 0.2) is 40.9 Å². The van der Waals surface area contributed by atoms with Gasteiger partial charge in [0.1, 0.15) is 0 Å². The highest BCUT2D eigenvalue weighted by atomic mass is 16.5. The first-order chi connectivity index (χ1) is 11.1. The molecule has 122 valence electrons. The van der Waals surface area contributed by atoms with Gasteiger partial charge in [0.05, 0.1) is 11.7 Å². The fourth-order valence-corrected chi connectivity index (χ4v) is 2.91. The number of carbonyl (C=O) groups is 1. The van der Waals surface area contributed by atoms with E-state index in [4.69, 9.17) is 4.52 Å². The number of nitrogens with zero attached hydrogens (tertiary/aromatic N) is 2. The van der Waals surface area contributed by atoms with Gasteiger partial charge in [-0.1, -0.05) is 49.3 Å². The van der Waals surface area contributed by atoms with Crippen LogP contribution in [0.2, 0.25) is 0 Å². The number of nitrogens with one attached hydrogen (secondary N) is 1. The second-order valence-electron chi connectivity index (χ2n) is 6.30. The van der Waals surface area contributed by atoms with Gasteiger partial charge in [-0.05, 0) is 24.3 Å². The molecule has 1 aliphatic heterocycles. The summed E-state index contributed by atoms with van der Waals surface area (Å²) in [6, 6.07) is 11.9. The Morgan fingerprint density at radius 2 is 2.17 bits per heavy atom. The monoisotopic (exact) mass is 313 g/mol. The largest absolute Gasteiger partial charge is 0.359 e. The molecule has 3 rings (SSSR count). The van der Waals surface area contributed by atoms with E-state index in [2.05, 4.69) is 24.3 Å². The normalized spacial score (nSPS) is 17.7. The van der Waals surface area contributed by atoms with Gasteiger partial charge in [0.25, 0.3) is 0 Å². The summed E-state index contributed by atoms with van der Waals surface area (Å²) in [6.45, 7) is 5.46. The summed E-state index contributed by atoms with van der Waals surface area (Å²) in [5.74, 6) is 1.12. The Kier molecular flexibility index (Phi) is 4.65. The van der Waals surface area contributed by atoms with Crippen LogP contribution in [0.4, 0.5) is 4.79 Å². The van der Waals surface area contributed by atoms with Gasteiger partial charge < -0.3 is 14.7 Å². The molecule has 1 aliphatic rings. The fraction of sp³-hybridized carbons (Fsp3) is 0.444. The summed E-state index contributed by atoms with van der Waals surface area (Å²) < 4.78 is 5.48. The van der Waals surface area contributed by atoms with E-state index in [1.54, 1.807) is 0 Å². The van der Waals surface area contributed by atoms with Crippen LogP contribution in [-0.4, -0.2) is 22.6 Å². The predicted molar refractivity (Wildman–Crippen MR) is 88.0 cm³/mol. The number of hydrogen-bond donors (Lipinski definition) is 1. The highest BCUT2D eigenvalue weighted by molar-refractivity contribution is 5.75. The molecule has 0 spiro atoms. The Morgan fingerprint density at radius 1 is 1.39 bits per heavy atom. The topological polar surface area (TPSA) is 58.4 Å². The molecule has 23 heavy (non-hydrogen) atoms. The van der Waals surface area contributed by atoms with Crippen molar-refractivity contribution in [2.45, 2.75) is 45.2 Å². The van der Waals surface area contributed by atoms with Crippen molar-refractivity contribution < 1.29 is 9.32 Å². The van der Waals surface area contributed by atoms with Crippen LogP contribution in [0.3, 0.4) is 0 Å². The number of amides is 2. The average molecular weight is 313 g/mol. The van der Waals surface area contributed by atoms with Crippen molar-refractivity contribution in [2.75, 3.05) is 6.54 Å². The van der Waals surface area contributed by atoms with Crippen LogP contribution >= 0.6 is 0 Å². The molecule has 1 saturated heterocycles. The summed E-state index contributed by atoms with van der Waals surface area (Å²) in [5.41, 5.74) is 2.04. The zero-order valence-corrected chi connectivity index (χ0v) is 13.7. The van der Waals surface area contributed by atoms with Gasteiger partial charge in [-0.25, -0.2) is 4.79 Å². The minimum atomic E-state index is -0.0427. The number of urea groups is 1. The van der Waals surface area contributed by atoms with Crippen LogP contribution in [0.1, 0.15) is 55.7 Å². The first-order valence-corrected chi connectivity index (χ1v) is 8.20. The molecular formula is C18H23N3O2. The third-order valence-corrected chi connectivity index (χ3v) is 4.27. The van der Waals surface area contributed by atoms with Gasteiger partial charge >= 0.3 is 6.03 Å². The van der Waals surface area contributed by atoms with E-state index >= 15 is 0 Å². The number of rotatable bonds is 4. The second-order valence-corrected chi connectivity index (χ2v) is 6.30. The quantitative estimate of drug-likeness (QED) is 0.933. The standard InChI is InChI=1S/C18H23N3O2/c1-13(2)15-11-17(23-20-15)16-9-6-10-21(16)18(22)19-12-14-7-4-3-5-8-14/h3-5,7-8,11,13,16H,6,9-10,12H2,1-2H3,(H,19,22)/t16-/m0/s1. The second kappa shape index (κ2) is 6.86. The predicted octanol–water partition coefficient (Wildman–Crippen LogP) is 3.84. The zero-order chi connectivity index (χ0) is 16.2. The van der Waals surface area contributed by atoms with E-state index in [0.717, 1.165) is 36.4 Å². The summed E-state index contributed by atoms with van der Waals surface area (Å²) in [7, 11) is 0. The van der Waals surface area contributed by atoms with Crippen LogP contribution in [-0.2, 0) is 6.54 Å². The first-order valence-electron chi connectivity index (χ1n) is 8.20. The molecule has 5 nitrogen and oxygen atoms in total. The molecule has 1 atom stereocenters. The number of likely N-dealkylation sites (tertiary alicyclic amines) is 1. The van der Waals surface area contributed by atoms with Crippen LogP contribution in [0, 0.1) is 0 Å². The number of hydrogen-bond acceptors (Lipinski definition) is 3. The lowest BCUT2D eigenvalue weighted by Gasteiger charge is -2.23. The lowest BCUT2D eigenvalue weighted by molar-refractivity contribution is 0.182. The summed E-state index contributed by atoms with van der Waals surface area (Å²) >= 11 is 0. The van der Waals surface area contributed by atoms with E-state index in [0.29, 0.717) is 12.5 Å². The molecule has 5 heteroatoms. The molecule has 2 heterocycles. The van der Waals surface area contributed by atoms with Crippen molar-refractivity contribution in [3.05, 3.63) is 53.4 Å². The molecule has 0 saturated carbocycles. The molecule has 0 bridgehead atoms. The lowest BCUT2D eigenvalue weighted by Crippen LogP contribution is -2.39. The van der Waals surface area contributed by atoms with Crippen LogP contribution in [0.5, 0.6) is 0 Å². The minimum absolute atomic E-state index is 0.00854. The lowest BCUT2D eigenvalue weighted by atomic mass is 10.1. The van der Waals surface area contributed by atoms with Crippen molar-refractivity contribution >= 4 is 6.03 Å². The van der Waals surface area contributed by atoms with E-state index < -0.39 is 0 Å². The molecule has 0 unspecified atom stereocenters. The zero-order valence-electron chi connectivity index (χ0n) is 13.7.